The van der Waals surface area contributed by atoms with Crippen LogP contribution in [0.5, 0.6) is 0 Å². The molecule has 2 N–H and O–H groups in total. The molecule has 19 heavy (non-hydrogen) atoms. The van der Waals surface area contributed by atoms with Crippen LogP contribution in [0.2, 0.25) is 0 Å². The van der Waals surface area contributed by atoms with Crippen LogP contribution in [-0.4, -0.2) is 60.5 Å². The van der Waals surface area contributed by atoms with Crippen LogP contribution in [0.25, 0.3) is 0 Å². The van der Waals surface area contributed by atoms with Gasteiger partial charge in [0.1, 0.15) is 5.69 Å². The van der Waals surface area contributed by atoms with Crippen LogP contribution in [0.15, 0.2) is 12.1 Å². The maximum absolute atomic E-state index is 11.8. The highest BCUT2D eigenvalue weighted by molar-refractivity contribution is 5.92. The molecule has 1 aromatic rings. The molecule has 1 amide bonds. The Morgan fingerprint density at radius 1 is 1.47 bits per heavy atom. The Hall–Kier alpha value is -1.04. The van der Waals surface area contributed by atoms with Gasteiger partial charge in [-0.1, -0.05) is 0 Å². The predicted octanol–water partition coefficient (Wildman–Crippen LogP) is 0.932. The number of nitrogens with one attached hydrogen (secondary N) is 2. The Morgan fingerprint density at radius 3 is 2.84 bits per heavy atom. The number of piperazine rings is 1. The van der Waals surface area contributed by atoms with E-state index >= 15 is 0 Å². The van der Waals surface area contributed by atoms with Gasteiger partial charge in [-0.15, -0.1) is 12.4 Å². The van der Waals surface area contributed by atoms with Gasteiger partial charge in [0.25, 0.3) is 5.91 Å². The Kier molecular flexibility index (Phi) is 5.85. The third-order valence-corrected chi connectivity index (χ3v) is 3.23. The lowest BCUT2D eigenvalue weighted by Crippen LogP contribution is -2.48. The summed E-state index contributed by atoms with van der Waals surface area (Å²) >= 11 is 0. The molecule has 1 saturated heterocycles. The first-order chi connectivity index (χ1) is 8.56. The molecule has 2 rings (SSSR count). The average molecular weight is 287 g/mol. The smallest absolute Gasteiger partial charge is 0.269 e. The van der Waals surface area contributed by atoms with Crippen molar-refractivity contribution in [1.82, 2.24) is 20.1 Å². The highest BCUT2D eigenvalue weighted by atomic mass is 35.5. The van der Waals surface area contributed by atoms with Crippen LogP contribution in [0.4, 0.5) is 0 Å². The minimum absolute atomic E-state index is 0. The first-order valence-corrected chi connectivity index (χ1v) is 6.41. The van der Waals surface area contributed by atoms with Crippen LogP contribution in [0, 0.1) is 0 Å². The van der Waals surface area contributed by atoms with Crippen molar-refractivity contribution in [2.75, 3.05) is 33.7 Å². The minimum atomic E-state index is 0. The molecule has 1 aliphatic heterocycles. The van der Waals surface area contributed by atoms with Crippen LogP contribution >= 0.6 is 12.4 Å². The summed E-state index contributed by atoms with van der Waals surface area (Å²) in [5, 5.41) is 3.42. The van der Waals surface area contributed by atoms with E-state index in [1.807, 2.05) is 12.1 Å². The second-order valence-corrected chi connectivity index (χ2v) is 5.19. The first kappa shape index (κ1) is 16.0. The topological polar surface area (TPSA) is 51.4 Å². The molecule has 108 valence electrons. The highest BCUT2D eigenvalue weighted by Gasteiger charge is 2.17. The van der Waals surface area contributed by atoms with Gasteiger partial charge in [0.15, 0.2) is 0 Å². The van der Waals surface area contributed by atoms with Gasteiger partial charge in [-0.05, 0) is 19.1 Å². The van der Waals surface area contributed by atoms with E-state index in [1.54, 1.807) is 19.0 Å². The minimum Gasteiger partial charge on any atom is -0.353 e. The van der Waals surface area contributed by atoms with E-state index in [0.717, 1.165) is 31.9 Å². The number of hydrogen-bond acceptors (Lipinski definition) is 3. The van der Waals surface area contributed by atoms with Crippen molar-refractivity contribution in [3.8, 4) is 0 Å². The van der Waals surface area contributed by atoms with Gasteiger partial charge >= 0.3 is 0 Å². The summed E-state index contributed by atoms with van der Waals surface area (Å²) in [5.74, 6) is 0.0231. The molecule has 0 aromatic carbocycles. The number of carbonyl (C=O) groups excluding carboxylic acids is 1. The molecule has 0 bridgehead atoms. The number of rotatable bonds is 3. The Morgan fingerprint density at radius 2 is 2.21 bits per heavy atom. The van der Waals surface area contributed by atoms with Crippen LogP contribution in [0.3, 0.4) is 0 Å². The molecular weight excluding hydrogens is 264 g/mol. The molecule has 1 atom stereocenters. The van der Waals surface area contributed by atoms with E-state index in [1.165, 1.54) is 0 Å². The van der Waals surface area contributed by atoms with Crippen molar-refractivity contribution in [2.24, 2.45) is 0 Å². The number of aromatic nitrogens is 1. The maximum atomic E-state index is 11.8. The van der Waals surface area contributed by atoms with Crippen molar-refractivity contribution in [2.45, 2.75) is 19.5 Å². The summed E-state index contributed by atoms with van der Waals surface area (Å²) < 4.78 is 0. The highest BCUT2D eigenvalue weighted by Crippen LogP contribution is 2.09. The lowest BCUT2D eigenvalue weighted by molar-refractivity contribution is 0.0822. The van der Waals surface area contributed by atoms with Gasteiger partial charge in [-0.3, -0.25) is 9.69 Å². The summed E-state index contributed by atoms with van der Waals surface area (Å²) in [6.07, 6.45) is 0. The van der Waals surface area contributed by atoms with Gasteiger partial charge < -0.3 is 15.2 Å². The number of amides is 1. The zero-order valence-electron chi connectivity index (χ0n) is 11.8. The Balaban J connectivity index is 0.00000180. The molecule has 0 unspecified atom stereocenters. The second-order valence-electron chi connectivity index (χ2n) is 5.19. The van der Waals surface area contributed by atoms with Gasteiger partial charge in [0, 0.05) is 52.0 Å². The van der Waals surface area contributed by atoms with E-state index in [0.29, 0.717) is 11.7 Å². The van der Waals surface area contributed by atoms with Gasteiger partial charge in [-0.2, -0.15) is 0 Å². The SMILES string of the molecule is C[C@@H]1CN(Cc2ccc(C(=O)N(C)C)[nH]2)CCN1.Cl. The number of carbonyl (C=O) groups is 1. The Labute approximate surface area is 120 Å². The normalized spacial score (nSPS) is 19.8. The van der Waals surface area contributed by atoms with E-state index in [-0.39, 0.29) is 18.3 Å². The summed E-state index contributed by atoms with van der Waals surface area (Å²) in [5.41, 5.74) is 1.77. The molecule has 5 nitrogen and oxygen atoms in total. The van der Waals surface area contributed by atoms with E-state index in [2.05, 4.69) is 22.1 Å². The molecular formula is C13H23ClN4O. The lowest BCUT2D eigenvalue weighted by Gasteiger charge is -2.31. The molecule has 6 heteroatoms. The van der Waals surface area contributed by atoms with Gasteiger partial charge in [0.2, 0.25) is 0 Å². The van der Waals surface area contributed by atoms with Gasteiger partial charge in [0.05, 0.1) is 0 Å². The molecule has 1 aromatic heterocycles. The molecule has 1 aliphatic rings. The lowest BCUT2D eigenvalue weighted by atomic mass is 10.2. The van der Waals surface area contributed by atoms with Crippen LogP contribution < -0.4 is 5.32 Å². The average Bonchev–Trinajstić information content (AvgIpc) is 2.76. The van der Waals surface area contributed by atoms with E-state index in [4.69, 9.17) is 0 Å². The molecule has 0 radical (unpaired) electrons. The summed E-state index contributed by atoms with van der Waals surface area (Å²) in [4.78, 5) is 19.0. The van der Waals surface area contributed by atoms with Crippen LogP contribution in [-0.2, 0) is 6.54 Å². The standard InChI is InChI=1S/C13H22N4O.ClH/c1-10-8-17(7-6-14-10)9-11-4-5-12(15-11)13(18)16(2)3;/h4-5,10,14-15H,6-9H2,1-3H3;1H/t10-;/m1./s1. The quantitative estimate of drug-likeness (QED) is 0.869. The van der Waals surface area contributed by atoms with Crippen molar-refractivity contribution < 1.29 is 4.79 Å². The third kappa shape index (κ3) is 4.23. The maximum Gasteiger partial charge on any atom is 0.269 e. The summed E-state index contributed by atoms with van der Waals surface area (Å²) in [6.45, 7) is 6.22. The zero-order chi connectivity index (χ0) is 13.1. The number of H-pyrrole nitrogens is 1. The fraction of sp³-hybridized carbons (Fsp3) is 0.615. The van der Waals surface area contributed by atoms with Crippen molar-refractivity contribution >= 4 is 18.3 Å². The van der Waals surface area contributed by atoms with Crippen molar-refractivity contribution in [3.05, 3.63) is 23.5 Å². The molecule has 1 fully saturated rings. The molecule has 2 heterocycles. The zero-order valence-corrected chi connectivity index (χ0v) is 12.6. The summed E-state index contributed by atoms with van der Waals surface area (Å²) in [6, 6.07) is 4.41. The monoisotopic (exact) mass is 286 g/mol. The second kappa shape index (κ2) is 6.93. The third-order valence-electron chi connectivity index (χ3n) is 3.23. The molecule has 0 aliphatic carbocycles. The first-order valence-electron chi connectivity index (χ1n) is 6.41. The molecule has 0 saturated carbocycles. The predicted molar refractivity (Wildman–Crippen MR) is 78.8 cm³/mol. The van der Waals surface area contributed by atoms with Gasteiger partial charge in [-0.25, -0.2) is 0 Å². The number of halogens is 1. The van der Waals surface area contributed by atoms with Crippen LogP contribution in [0.1, 0.15) is 23.1 Å². The Bertz CT molecular complexity index is 419. The van der Waals surface area contributed by atoms with Crippen molar-refractivity contribution in [1.29, 1.82) is 0 Å². The van der Waals surface area contributed by atoms with E-state index < -0.39 is 0 Å². The van der Waals surface area contributed by atoms with E-state index in [9.17, 15) is 4.79 Å². The molecule has 0 spiro atoms. The fourth-order valence-electron chi connectivity index (χ4n) is 2.29. The largest absolute Gasteiger partial charge is 0.353 e. The van der Waals surface area contributed by atoms with Crippen molar-refractivity contribution in [3.63, 3.8) is 0 Å². The fourth-order valence-corrected chi connectivity index (χ4v) is 2.29. The number of aromatic amines is 1. The summed E-state index contributed by atoms with van der Waals surface area (Å²) in [7, 11) is 3.53. The number of hydrogen-bond donors (Lipinski definition) is 2. The number of nitrogens with zero attached hydrogens (tertiary/aromatic N) is 2.